The maximum atomic E-state index is 5.80. The number of halogens is 1. The maximum Gasteiger partial charge on any atom is 0.226 e. The summed E-state index contributed by atoms with van der Waals surface area (Å²) in [6, 6.07) is 6.16. The van der Waals surface area contributed by atoms with Gasteiger partial charge in [0.25, 0.3) is 0 Å². The molecule has 0 unspecified atom stereocenters. The monoisotopic (exact) mass is 324 g/mol. The first kappa shape index (κ1) is 16.2. The van der Waals surface area contributed by atoms with Gasteiger partial charge in [-0.3, -0.25) is 0 Å². The van der Waals surface area contributed by atoms with E-state index in [9.17, 15) is 0 Å². The van der Waals surface area contributed by atoms with Crippen LogP contribution in [0, 0.1) is 0 Å². The predicted molar refractivity (Wildman–Crippen MR) is 91.2 cm³/mol. The first-order chi connectivity index (χ1) is 9.86. The van der Waals surface area contributed by atoms with Crippen LogP contribution in [0.25, 0.3) is 10.6 Å². The van der Waals surface area contributed by atoms with E-state index in [0.29, 0.717) is 6.54 Å². The molecule has 2 N–H and O–H groups in total. The van der Waals surface area contributed by atoms with Crippen LogP contribution in [-0.4, -0.2) is 23.1 Å². The number of hydrogen-bond donors (Lipinski definition) is 1. The average Bonchev–Trinajstić information content (AvgIpc) is 2.89. The van der Waals surface area contributed by atoms with Crippen molar-refractivity contribution in [2.75, 3.05) is 18.0 Å². The normalized spacial score (nSPS) is 15.4. The topological polar surface area (TPSA) is 55.0 Å². The van der Waals surface area contributed by atoms with Crippen molar-refractivity contribution in [2.24, 2.45) is 5.73 Å². The van der Waals surface area contributed by atoms with Gasteiger partial charge in [0.2, 0.25) is 5.95 Å². The smallest absolute Gasteiger partial charge is 0.226 e. The number of aromatic nitrogens is 2. The lowest BCUT2D eigenvalue weighted by Gasteiger charge is -2.21. The molecule has 2 aromatic heterocycles. The molecular weight excluding hydrogens is 304 g/mol. The molecule has 0 bridgehead atoms. The molecule has 0 aromatic carbocycles. The summed E-state index contributed by atoms with van der Waals surface area (Å²) in [4.78, 5) is 12.9. The van der Waals surface area contributed by atoms with Crippen LogP contribution in [0.15, 0.2) is 23.6 Å². The largest absolute Gasteiger partial charge is 0.341 e. The van der Waals surface area contributed by atoms with Crippen molar-refractivity contribution in [3.63, 3.8) is 0 Å². The van der Waals surface area contributed by atoms with E-state index in [0.717, 1.165) is 30.4 Å². The Morgan fingerprint density at radius 2 is 1.90 bits per heavy atom. The van der Waals surface area contributed by atoms with Gasteiger partial charge in [0, 0.05) is 19.6 Å². The molecule has 3 heterocycles. The highest BCUT2D eigenvalue weighted by Crippen LogP contribution is 2.26. The summed E-state index contributed by atoms with van der Waals surface area (Å²) in [6.07, 6.45) is 5.07. The van der Waals surface area contributed by atoms with Crippen molar-refractivity contribution in [3.05, 3.63) is 29.3 Å². The second-order valence-corrected chi connectivity index (χ2v) is 6.07. The number of nitrogens with two attached hydrogens (primary N) is 1. The molecule has 6 heteroatoms. The van der Waals surface area contributed by atoms with E-state index in [2.05, 4.69) is 27.4 Å². The lowest BCUT2D eigenvalue weighted by atomic mass is 10.2. The highest BCUT2D eigenvalue weighted by atomic mass is 35.5. The van der Waals surface area contributed by atoms with E-state index in [1.165, 1.54) is 30.6 Å². The Kier molecular flexibility index (Phi) is 5.96. The summed E-state index contributed by atoms with van der Waals surface area (Å²) < 4.78 is 0. The highest BCUT2D eigenvalue weighted by Gasteiger charge is 2.15. The summed E-state index contributed by atoms with van der Waals surface area (Å²) in [6.45, 7) is 2.57. The van der Waals surface area contributed by atoms with Crippen LogP contribution in [-0.2, 0) is 6.54 Å². The van der Waals surface area contributed by atoms with Crippen molar-refractivity contribution < 1.29 is 0 Å². The van der Waals surface area contributed by atoms with E-state index < -0.39 is 0 Å². The van der Waals surface area contributed by atoms with Crippen LogP contribution >= 0.6 is 23.7 Å². The third-order valence-electron chi connectivity index (χ3n) is 3.64. The van der Waals surface area contributed by atoms with E-state index in [4.69, 9.17) is 10.7 Å². The number of nitrogens with zero attached hydrogens (tertiary/aromatic N) is 3. The zero-order valence-electron chi connectivity index (χ0n) is 12.0. The fraction of sp³-hybridized carbons (Fsp3) is 0.467. The Morgan fingerprint density at radius 1 is 1.14 bits per heavy atom. The van der Waals surface area contributed by atoms with Crippen molar-refractivity contribution in [2.45, 2.75) is 32.2 Å². The fourth-order valence-corrected chi connectivity index (χ4v) is 3.24. The molecule has 0 saturated carbocycles. The standard InChI is InChI=1S/C15H20N4S.ClH/c16-11-12-10-13(14-6-5-9-20-14)18-15(17-12)19-7-3-1-2-4-8-19;/h5-6,9-10H,1-4,7-8,11,16H2;1H. The van der Waals surface area contributed by atoms with E-state index in [1.54, 1.807) is 11.3 Å². The highest BCUT2D eigenvalue weighted by molar-refractivity contribution is 7.13. The second kappa shape index (κ2) is 7.73. The van der Waals surface area contributed by atoms with Gasteiger partial charge in [0.15, 0.2) is 0 Å². The third kappa shape index (κ3) is 3.93. The van der Waals surface area contributed by atoms with E-state index >= 15 is 0 Å². The first-order valence-corrected chi connectivity index (χ1v) is 8.11. The average molecular weight is 325 g/mol. The minimum absolute atomic E-state index is 0. The Bertz CT molecular complexity index is 551. The van der Waals surface area contributed by atoms with Gasteiger partial charge in [-0.25, -0.2) is 9.97 Å². The molecule has 0 radical (unpaired) electrons. The van der Waals surface area contributed by atoms with Crippen molar-refractivity contribution in [3.8, 4) is 10.6 Å². The number of hydrogen-bond acceptors (Lipinski definition) is 5. The second-order valence-electron chi connectivity index (χ2n) is 5.13. The Balaban J connectivity index is 0.00000161. The summed E-state index contributed by atoms with van der Waals surface area (Å²) in [5.41, 5.74) is 7.71. The van der Waals surface area contributed by atoms with Crippen LogP contribution in [0.5, 0.6) is 0 Å². The molecule has 0 aliphatic carbocycles. The van der Waals surface area contributed by atoms with Gasteiger partial charge in [-0.15, -0.1) is 23.7 Å². The molecule has 0 spiro atoms. The molecule has 4 nitrogen and oxygen atoms in total. The fourth-order valence-electron chi connectivity index (χ4n) is 2.55. The molecule has 1 aliphatic rings. The number of thiophene rings is 1. The van der Waals surface area contributed by atoms with Gasteiger partial charge < -0.3 is 10.6 Å². The van der Waals surface area contributed by atoms with Crippen molar-refractivity contribution in [1.82, 2.24) is 9.97 Å². The zero-order chi connectivity index (χ0) is 13.8. The molecule has 1 saturated heterocycles. The molecule has 3 rings (SSSR count). The van der Waals surface area contributed by atoms with Gasteiger partial charge in [0.05, 0.1) is 16.3 Å². The molecule has 1 aliphatic heterocycles. The Labute approximate surface area is 135 Å². The summed E-state index contributed by atoms with van der Waals surface area (Å²) in [5, 5.41) is 2.07. The predicted octanol–water partition coefficient (Wildman–Crippen LogP) is 3.47. The van der Waals surface area contributed by atoms with Gasteiger partial charge in [-0.1, -0.05) is 18.9 Å². The molecule has 2 aromatic rings. The maximum absolute atomic E-state index is 5.80. The molecule has 0 amide bonds. The lowest BCUT2D eigenvalue weighted by Crippen LogP contribution is -2.26. The minimum atomic E-state index is 0. The first-order valence-electron chi connectivity index (χ1n) is 7.23. The van der Waals surface area contributed by atoms with Crippen molar-refractivity contribution >= 4 is 29.7 Å². The van der Waals surface area contributed by atoms with Gasteiger partial charge in [-0.05, 0) is 30.4 Å². The SMILES string of the molecule is Cl.NCc1cc(-c2cccs2)nc(N2CCCCCC2)n1. The zero-order valence-corrected chi connectivity index (χ0v) is 13.6. The molecule has 1 fully saturated rings. The third-order valence-corrected chi connectivity index (χ3v) is 4.53. The molecule has 0 atom stereocenters. The summed E-state index contributed by atoms with van der Waals surface area (Å²) >= 11 is 1.71. The quantitative estimate of drug-likeness (QED) is 0.939. The van der Waals surface area contributed by atoms with Crippen LogP contribution < -0.4 is 10.6 Å². The van der Waals surface area contributed by atoms with E-state index in [-0.39, 0.29) is 12.4 Å². The number of rotatable bonds is 3. The van der Waals surface area contributed by atoms with Gasteiger partial charge >= 0.3 is 0 Å². The Morgan fingerprint density at radius 3 is 2.52 bits per heavy atom. The summed E-state index contributed by atoms with van der Waals surface area (Å²) in [5.74, 6) is 0.846. The van der Waals surface area contributed by atoms with Crippen LogP contribution in [0.3, 0.4) is 0 Å². The van der Waals surface area contributed by atoms with Gasteiger partial charge in [-0.2, -0.15) is 0 Å². The van der Waals surface area contributed by atoms with Gasteiger partial charge in [0.1, 0.15) is 0 Å². The molecule has 21 heavy (non-hydrogen) atoms. The van der Waals surface area contributed by atoms with Crippen LogP contribution in [0.4, 0.5) is 5.95 Å². The van der Waals surface area contributed by atoms with Crippen LogP contribution in [0.2, 0.25) is 0 Å². The lowest BCUT2D eigenvalue weighted by molar-refractivity contribution is 0.726. The minimum Gasteiger partial charge on any atom is -0.341 e. The van der Waals surface area contributed by atoms with Crippen molar-refractivity contribution in [1.29, 1.82) is 0 Å². The van der Waals surface area contributed by atoms with E-state index in [1.807, 2.05) is 6.07 Å². The Hall–Kier alpha value is -1.17. The summed E-state index contributed by atoms with van der Waals surface area (Å²) in [7, 11) is 0. The van der Waals surface area contributed by atoms with Crippen LogP contribution in [0.1, 0.15) is 31.4 Å². The molecular formula is C15H21ClN4S. The number of anilines is 1. The molecule has 114 valence electrons.